The Balaban J connectivity index is 4.44. The molecule has 0 saturated heterocycles. The summed E-state index contributed by atoms with van der Waals surface area (Å²) in [5, 5.41) is 0. The first-order chi connectivity index (χ1) is 8.61. The van der Waals surface area contributed by atoms with Gasteiger partial charge in [-0.05, 0) is 20.3 Å². The Morgan fingerprint density at radius 3 is 2.21 bits per heavy atom. The fourth-order valence-corrected chi connectivity index (χ4v) is 1.38. The van der Waals surface area contributed by atoms with E-state index >= 15 is 0 Å². The van der Waals surface area contributed by atoms with Crippen molar-refractivity contribution in [2.75, 3.05) is 7.05 Å². The molecular formula is C12H20F3NO3. The molecular weight excluding hydrogens is 263 g/mol. The molecule has 0 aliphatic rings. The van der Waals surface area contributed by atoms with Crippen LogP contribution in [0.5, 0.6) is 0 Å². The van der Waals surface area contributed by atoms with Crippen LogP contribution in [0.4, 0.5) is 13.2 Å². The molecule has 0 aromatic rings. The molecule has 0 bridgehead atoms. The molecule has 0 aliphatic heterocycles. The minimum Gasteiger partial charge on any atom is -0.461 e. The van der Waals surface area contributed by atoms with E-state index in [1.54, 1.807) is 6.92 Å². The van der Waals surface area contributed by atoms with Crippen molar-refractivity contribution in [3.63, 3.8) is 0 Å². The second-order valence-corrected chi connectivity index (χ2v) is 4.48. The van der Waals surface area contributed by atoms with Crippen molar-refractivity contribution in [2.45, 2.75) is 58.4 Å². The van der Waals surface area contributed by atoms with Gasteiger partial charge in [0.2, 0.25) is 0 Å². The zero-order chi connectivity index (χ0) is 15.2. The summed E-state index contributed by atoms with van der Waals surface area (Å²) in [6.45, 7) is 4.86. The molecule has 2 unspecified atom stereocenters. The third kappa shape index (κ3) is 5.94. The summed E-state index contributed by atoms with van der Waals surface area (Å²) in [5.74, 6) is -2.89. The van der Waals surface area contributed by atoms with Crippen molar-refractivity contribution in [3.05, 3.63) is 0 Å². The lowest BCUT2D eigenvalue weighted by Crippen LogP contribution is -2.47. The van der Waals surface area contributed by atoms with Crippen molar-refractivity contribution >= 4 is 11.9 Å². The number of carbonyl (C=O) groups is 2. The van der Waals surface area contributed by atoms with Crippen LogP contribution in [0.3, 0.4) is 0 Å². The van der Waals surface area contributed by atoms with Crippen molar-refractivity contribution in [1.29, 1.82) is 0 Å². The predicted octanol–water partition coefficient (Wildman–Crippen LogP) is 2.52. The lowest BCUT2D eigenvalue weighted by molar-refractivity contribution is -0.188. The number of amides is 1. The number of nitrogens with zero attached hydrogens (tertiary/aromatic N) is 1. The summed E-state index contributed by atoms with van der Waals surface area (Å²) < 4.78 is 41.6. The summed E-state index contributed by atoms with van der Waals surface area (Å²) in [4.78, 5) is 22.9. The molecule has 0 aromatic carbocycles. The molecule has 0 spiro atoms. The zero-order valence-corrected chi connectivity index (χ0v) is 11.6. The van der Waals surface area contributed by atoms with E-state index in [1.807, 2.05) is 6.92 Å². The SMILES string of the molecule is CCCCC(C)OC(=O)C(C)N(C)C(=O)C(F)(F)F. The maximum atomic E-state index is 12.2. The molecule has 0 heterocycles. The summed E-state index contributed by atoms with van der Waals surface area (Å²) >= 11 is 0. The van der Waals surface area contributed by atoms with E-state index in [0.29, 0.717) is 11.3 Å². The number of carbonyl (C=O) groups excluding carboxylic acids is 2. The molecule has 112 valence electrons. The van der Waals surface area contributed by atoms with E-state index < -0.39 is 24.1 Å². The molecule has 0 aliphatic carbocycles. The average molecular weight is 283 g/mol. The molecule has 0 saturated carbocycles. The standard InChI is InChI=1S/C12H20F3NO3/c1-5-6-7-8(2)19-10(17)9(3)16(4)11(18)12(13,14)15/h8-9H,5-7H2,1-4H3. The topological polar surface area (TPSA) is 46.6 Å². The molecule has 19 heavy (non-hydrogen) atoms. The van der Waals surface area contributed by atoms with Crippen molar-refractivity contribution in [2.24, 2.45) is 0 Å². The van der Waals surface area contributed by atoms with Crippen LogP contribution in [0.25, 0.3) is 0 Å². The van der Waals surface area contributed by atoms with Gasteiger partial charge < -0.3 is 9.64 Å². The van der Waals surface area contributed by atoms with Gasteiger partial charge in [-0.25, -0.2) is 4.79 Å². The number of esters is 1. The minimum absolute atomic E-state index is 0.342. The van der Waals surface area contributed by atoms with Crippen LogP contribution in [-0.2, 0) is 14.3 Å². The van der Waals surface area contributed by atoms with Crippen LogP contribution in [0, 0.1) is 0 Å². The van der Waals surface area contributed by atoms with E-state index in [1.165, 1.54) is 6.92 Å². The van der Waals surface area contributed by atoms with Crippen LogP contribution >= 0.6 is 0 Å². The van der Waals surface area contributed by atoms with Crippen LogP contribution < -0.4 is 0 Å². The number of ether oxygens (including phenoxy) is 1. The zero-order valence-electron chi connectivity index (χ0n) is 11.6. The van der Waals surface area contributed by atoms with Gasteiger partial charge in [-0.1, -0.05) is 19.8 Å². The average Bonchev–Trinajstić information content (AvgIpc) is 2.32. The van der Waals surface area contributed by atoms with Gasteiger partial charge in [-0.3, -0.25) is 4.79 Å². The lowest BCUT2D eigenvalue weighted by Gasteiger charge is -2.25. The first kappa shape index (κ1) is 17.7. The van der Waals surface area contributed by atoms with E-state index in [9.17, 15) is 22.8 Å². The van der Waals surface area contributed by atoms with Gasteiger partial charge in [-0.2, -0.15) is 13.2 Å². The second kappa shape index (κ2) is 7.35. The lowest BCUT2D eigenvalue weighted by atomic mass is 10.2. The number of rotatable bonds is 6. The van der Waals surface area contributed by atoms with Crippen LogP contribution in [0.1, 0.15) is 40.0 Å². The Hall–Kier alpha value is -1.27. The van der Waals surface area contributed by atoms with Crippen molar-refractivity contribution < 1.29 is 27.5 Å². The Morgan fingerprint density at radius 2 is 1.79 bits per heavy atom. The van der Waals surface area contributed by atoms with E-state index in [4.69, 9.17) is 4.74 Å². The predicted molar refractivity (Wildman–Crippen MR) is 63.4 cm³/mol. The van der Waals surface area contributed by atoms with Crippen LogP contribution in [-0.4, -0.2) is 42.1 Å². The second-order valence-electron chi connectivity index (χ2n) is 4.48. The van der Waals surface area contributed by atoms with Gasteiger partial charge in [0.15, 0.2) is 0 Å². The molecule has 0 fully saturated rings. The maximum Gasteiger partial charge on any atom is 0.471 e. The molecule has 0 N–H and O–H groups in total. The number of halogens is 3. The van der Waals surface area contributed by atoms with Crippen molar-refractivity contribution in [1.82, 2.24) is 4.90 Å². The molecule has 1 amide bonds. The fraction of sp³-hybridized carbons (Fsp3) is 0.833. The first-order valence-corrected chi connectivity index (χ1v) is 6.15. The number of unbranched alkanes of at least 4 members (excludes halogenated alkanes) is 1. The Kier molecular flexibility index (Phi) is 6.86. The monoisotopic (exact) mass is 283 g/mol. The van der Waals surface area contributed by atoms with Gasteiger partial charge >= 0.3 is 18.1 Å². The number of likely N-dealkylation sites (N-methyl/N-ethyl adjacent to an activating group) is 1. The summed E-state index contributed by atoms with van der Waals surface area (Å²) in [7, 11) is 0.929. The highest BCUT2D eigenvalue weighted by Gasteiger charge is 2.43. The maximum absolute atomic E-state index is 12.2. The van der Waals surface area contributed by atoms with E-state index in [-0.39, 0.29) is 6.10 Å². The molecule has 2 atom stereocenters. The van der Waals surface area contributed by atoms with Crippen molar-refractivity contribution in [3.8, 4) is 0 Å². The van der Waals surface area contributed by atoms with Gasteiger partial charge in [0.1, 0.15) is 6.04 Å². The third-order valence-electron chi connectivity index (χ3n) is 2.77. The summed E-state index contributed by atoms with van der Waals surface area (Å²) in [6.07, 6.45) is -2.92. The van der Waals surface area contributed by atoms with Crippen LogP contribution in [0.15, 0.2) is 0 Å². The quantitative estimate of drug-likeness (QED) is 0.704. The minimum atomic E-state index is -4.99. The highest BCUT2D eigenvalue weighted by atomic mass is 19.4. The van der Waals surface area contributed by atoms with E-state index in [0.717, 1.165) is 19.9 Å². The number of alkyl halides is 3. The summed E-state index contributed by atoms with van der Waals surface area (Å²) in [6, 6.07) is -1.27. The smallest absolute Gasteiger partial charge is 0.461 e. The molecule has 0 aromatic heterocycles. The Labute approximate surface area is 110 Å². The molecule has 7 heteroatoms. The highest BCUT2D eigenvalue weighted by molar-refractivity contribution is 5.87. The number of hydrogen-bond acceptors (Lipinski definition) is 3. The fourth-order valence-electron chi connectivity index (χ4n) is 1.38. The van der Waals surface area contributed by atoms with E-state index in [2.05, 4.69) is 0 Å². The first-order valence-electron chi connectivity index (χ1n) is 6.15. The molecule has 0 radical (unpaired) electrons. The van der Waals surface area contributed by atoms with Gasteiger partial charge in [0.25, 0.3) is 0 Å². The van der Waals surface area contributed by atoms with Gasteiger partial charge in [0, 0.05) is 7.05 Å². The summed E-state index contributed by atoms with van der Waals surface area (Å²) in [5.41, 5.74) is 0. The third-order valence-corrected chi connectivity index (χ3v) is 2.77. The Morgan fingerprint density at radius 1 is 1.26 bits per heavy atom. The molecule has 0 rings (SSSR count). The highest BCUT2D eigenvalue weighted by Crippen LogP contribution is 2.19. The Bertz CT molecular complexity index is 318. The number of hydrogen-bond donors (Lipinski definition) is 0. The normalized spacial score (nSPS) is 14.7. The van der Waals surface area contributed by atoms with Gasteiger partial charge in [0.05, 0.1) is 6.10 Å². The largest absolute Gasteiger partial charge is 0.471 e. The van der Waals surface area contributed by atoms with Gasteiger partial charge in [-0.15, -0.1) is 0 Å². The molecule has 4 nitrogen and oxygen atoms in total. The van der Waals surface area contributed by atoms with Crippen LogP contribution in [0.2, 0.25) is 0 Å².